The summed E-state index contributed by atoms with van der Waals surface area (Å²) in [5.74, 6) is -0.0699. The van der Waals surface area contributed by atoms with E-state index >= 15 is 0 Å². The predicted molar refractivity (Wildman–Crippen MR) is 151 cm³/mol. The summed E-state index contributed by atoms with van der Waals surface area (Å²) in [7, 11) is 0. The summed E-state index contributed by atoms with van der Waals surface area (Å²) in [5.41, 5.74) is 2.13. The van der Waals surface area contributed by atoms with Crippen LogP contribution in [0.2, 0.25) is 10.0 Å². The molecule has 0 spiro atoms. The molecule has 0 radical (unpaired) electrons. The smallest absolute Gasteiger partial charge is 0.243 e. The Morgan fingerprint density at radius 2 is 1.68 bits per heavy atom. The molecule has 4 nitrogen and oxygen atoms in total. The highest BCUT2D eigenvalue weighted by Crippen LogP contribution is 2.25. The summed E-state index contributed by atoms with van der Waals surface area (Å²) in [6, 6.07) is 20.3. The molecule has 0 unspecified atom stereocenters. The average molecular weight is 562 g/mol. The van der Waals surface area contributed by atoms with E-state index in [1.165, 1.54) is 22.7 Å². The van der Waals surface area contributed by atoms with Crippen molar-refractivity contribution in [1.82, 2.24) is 10.2 Å². The molecule has 0 heterocycles. The molecule has 37 heavy (non-hydrogen) atoms. The average Bonchev–Trinajstić information content (AvgIpc) is 2.87. The second-order valence-corrected chi connectivity index (χ2v) is 11.0. The maximum absolute atomic E-state index is 14.6. The molecule has 0 aliphatic rings. The zero-order valence-corrected chi connectivity index (χ0v) is 23.3. The number of hydrogen-bond acceptors (Lipinski definition) is 3. The molecule has 8 heteroatoms. The highest BCUT2D eigenvalue weighted by atomic mass is 35.5. The molecule has 1 atom stereocenters. The van der Waals surface area contributed by atoms with Crippen LogP contribution in [-0.2, 0) is 28.3 Å². The van der Waals surface area contributed by atoms with Crippen molar-refractivity contribution in [2.45, 2.75) is 38.6 Å². The van der Waals surface area contributed by atoms with Crippen LogP contribution >= 0.6 is 35.0 Å². The Morgan fingerprint density at radius 1 is 0.973 bits per heavy atom. The van der Waals surface area contributed by atoms with E-state index in [0.29, 0.717) is 34.3 Å². The highest BCUT2D eigenvalue weighted by Gasteiger charge is 2.31. The van der Waals surface area contributed by atoms with Gasteiger partial charge in [-0.15, -0.1) is 11.8 Å². The standard InChI is InChI=1S/C29H31Cl2FN2O2S/c1-20(2)16-33-29(36)27(14-21-8-4-3-5-9-21)34(17-22-10-6-7-11-26(22)32)28(35)19-37-18-23-12-13-24(30)15-25(23)31/h3-13,15,20,27H,14,16-19H2,1-2H3,(H,33,36)/t27-/m0/s1. The monoisotopic (exact) mass is 560 g/mol. The predicted octanol–water partition coefficient (Wildman–Crippen LogP) is 6.78. The maximum atomic E-state index is 14.6. The number of benzene rings is 3. The first kappa shape index (κ1) is 29.0. The summed E-state index contributed by atoms with van der Waals surface area (Å²) >= 11 is 13.7. The summed E-state index contributed by atoms with van der Waals surface area (Å²) in [6.45, 7) is 4.48. The van der Waals surface area contributed by atoms with Crippen molar-refractivity contribution in [1.29, 1.82) is 0 Å². The Hall–Kier alpha value is -2.54. The largest absolute Gasteiger partial charge is 0.354 e. The summed E-state index contributed by atoms with van der Waals surface area (Å²) in [4.78, 5) is 28.5. The minimum atomic E-state index is -0.798. The van der Waals surface area contributed by atoms with Gasteiger partial charge in [0, 0.05) is 40.9 Å². The van der Waals surface area contributed by atoms with Crippen LogP contribution in [0, 0.1) is 11.7 Å². The van der Waals surface area contributed by atoms with E-state index in [2.05, 4.69) is 5.32 Å². The van der Waals surface area contributed by atoms with E-state index in [0.717, 1.165) is 11.1 Å². The molecule has 196 valence electrons. The van der Waals surface area contributed by atoms with Crippen LogP contribution in [0.25, 0.3) is 0 Å². The Bertz CT molecular complexity index is 1190. The summed E-state index contributed by atoms with van der Waals surface area (Å²) < 4.78 is 14.6. The van der Waals surface area contributed by atoms with E-state index in [4.69, 9.17) is 23.2 Å². The molecule has 3 rings (SSSR count). The van der Waals surface area contributed by atoms with Gasteiger partial charge in [0.25, 0.3) is 0 Å². The zero-order chi connectivity index (χ0) is 26.8. The number of nitrogens with zero attached hydrogens (tertiary/aromatic N) is 1. The van der Waals surface area contributed by atoms with Crippen molar-refractivity contribution in [3.8, 4) is 0 Å². The number of rotatable bonds is 12. The summed E-state index contributed by atoms with van der Waals surface area (Å²) in [6.07, 6.45) is 0.318. The van der Waals surface area contributed by atoms with E-state index in [-0.39, 0.29) is 30.0 Å². The quantitative estimate of drug-likeness (QED) is 0.265. The van der Waals surface area contributed by atoms with Crippen LogP contribution in [-0.4, -0.2) is 35.1 Å². The van der Waals surface area contributed by atoms with Crippen LogP contribution < -0.4 is 5.32 Å². The zero-order valence-electron chi connectivity index (χ0n) is 20.9. The lowest BCUT2D eigenvalue weighted by Crippen LogP contribution is -2.51. The van der Waals surface area contributed by atoms with Gasteiger partial charge >= 0.3 is 0 Å². The van der Waals surface area contributed by atoms with E-state index in [1.54, 1.807) is 30.3 Å². The van der Waals surface area contributed by atoms with Crippen LogP contribution in [0.1, 0.15) is 30.5 Å². The van der Waals surface area contributed by atoms with Crippen LogP contribution in [0.3, 0.4) is 0 Å². The van der Waals surface area contributed by atoms with Gasteiger partial charge in [-0.25, -0.2) is 4.39 Å². The van der Waals surface area contributed by atoms with Gasteiger partial charge in [0.2, 0.25) is 11.8 Å². The van der Waals surface area contributed by atoms with Gasteiger partial charge in [-0.05, 0) is 35.2 Å². The first-order valence-electron chi connectivity index (χ1n) is 12.1. The van der Waals surface area contributed by atoms with Gasteiger partial charge in [0.1, 0.15) is 11.9 Å². The minimum absolute atomic E-state index is 0.0135. The minimum Gasteiger partial charge on any atom is -0.354 e. The van der Waals surface area contributed by atoms with Gasteiger partial charge in [-0.2, -0.15) is 0 Å². The van der Waals surface area contributed by atoms with Gasteiger partial charge in [0.15, 0.2) is 0 Å². The number of nitrogens with one attached hydrogen (secondary N) is 1. The second-order valence-electron chi connectivity index (χ2n) is 9.19. The second kappa shape index (κ2) is 14.4. The Morgan fingerprint density at radius 3 is 2.35 bits per heavy atom. The number of amides is 2. The van der Waals surface area contributed by atoms with Crippen molar-refractivity contribution in [2.75, 3.05) is 12.3 Å². The molecule has 0 bridgehead atoms. The number of carbonyl (C=O) groups is 2. The molecule has 0 fully saturated rings. The molecule has 1 N–H and O–H groups in total. The fraction of sp³-hybridized carbons (Fsp3) is 0.310. The molecule has 0 saturated heterocycles. The lowest BCUT2D eigenvalue weighted by atomic mass is 10.0. The molecule has 0 aliphatic carbocycles. The van der Waals surface area contributed by atoms with Gasteiger partial charge < -0.3 is 10.2 Å². The van der Waals surface area contributed by atoms with Crippen molar-refractivity contribution in [3.63, 3.8) is 0 Å². The molecule has 3 aromatic rings. The van der Waals surface area contributed by atoms with E-state index < -0.39 is 11.9 Å². The third kappa shape index (κ3) is 9.06. The van der Waals surface area contributed by atoms with E-state index in [1.807, 2.05) is 50.2 Å². The summed E-state index contributed by atoms with van der Waals surface area (Å²) in [5, 5.41) is 4.05. The van der Waals surface area contributed by atoms with Gasteiger partial charge in [0.05, 0.1) is 5.75 Å². The molecular weight excluding hydrogens is 530 g/mol. The van der Waals surface area contributed by atoms with Crippen molar-refractivity contribution < 1.29 is 14.0 Å². The van der Waals surface area contributed by atoms with E-state index in [9.17, 15) is 14.0 Å². The van der Waals surface area contributed by atoms with Crippen LogP contribution in [0.15, 0.2) is 72.8 Å². The first-order chi connectivity index (χ1) is 17.7. The molecule has 2 amide bonds. The number of carbonyl (C=O) groups excluding carboxylic acids is 2. The van der Waals surface area contributed by atoms with Gasteiger partial charge in [-0.3, -0.25) is 9.59 Å². The molecule has 3 aromatic carbocycles. The van der Waals surface area contributed by atoms with Crippen molar-refractivity contribution in [2.24, 2.45) is 5.92 Å². The van der Waals surface area contributed by atoms with Crippen molar-refractivity contribution >= 4 is 46.8 Å². The lowest BCUT2D eigenvalue weighted by Gasteiger charge is -2.32. The number of hydrogen-bond donors (Lipinski definition) is 1. The topological polar surface area (TPSA) is 49.4 Å². The molecule has 0 aliphatic heterocycles. The molecule has 0 aromatic heterocycles. The third-order valence-electron chi connectivity index (χ3n) is 5.75. The van der Waals surface area contributed by atoms with Crippen molar-refractivity contribution in [3.05, 3.63) is 105 Å². The SMILES string of the molecule is CC(C)CNC(=O)[C@H](Cc1ccccc1)N(Cc1ccccc1F)C(=O)CSCc1ccc(Cl)cc1Cl. The van der Waals surface area contributed by atoms with Crippen LogP contribution in [0.4, 0.5) is 4.39 Å². The lowest BCUT2D eigenvalue weighted by molar-refractivity contribution is -0.139. The number of thioether (sulfide) groups is 1. The molecular formula is C29H31Cl2FN2O2S. The third-order valence-corrected chi connectivity index (χ3v) is 7.31. The normalized spacial score (nSPS) is 11.8. The molecule has 0 saturated carbocycles. The van der Waals surface area contributed by atoms with Gasteiger partial charge in [-0.1, -0.05) is 91.6 Å². The first-order valence-corrected chi connectivity index (χ1v) is 14.0. The maximum Gasteiger partial charge on any atom is 0.243 e. The van der Waals surface area contributed by atoms with Crippen LogP contribution in [0.5, 0.6) is 0 Å². The Balaban J connectivity index is 1.86. The highest BCUT2D eigenvalue weighted by molar-refractivity contribution is 7.99. The number of halogens is 3. The Kier molecular flexibility index (Phi) is 11.3. The fourth-order valence-corrected chi connectivity index (χ4v) is 5.23. The fourth-order valence-electron chi connectivity index (χ4n) is 3.76. The Labute approximate surface area is 232 Å².